The Kier molecular flexibility index (Phi) is 4.79. The number of aryl methyl sites for hydroxylation is 2. The van der Waals surface area contributed by atoms with Gasteiger partial charge in [-0.05, 0) is 37.4 Å². The van der Waals surface area contributed by atoms with E-state index in [2.05, 4.69) is 20.4 Å². The van der Waals surface area contributed by atoms with Crippen LogP contribution in [0.25, 0.3) is 16.5 Å². The normalized spacial score (nSPS) is 11.0. The van der Waals surface area contributed by atoms with Crippen molar-refractivity contribution < 1.29 is 9.53 Å². The molecule has 0 radical (unpaired) electrons. The van der Waals surface area contributed by atoms with Crippen molar-refractivity contribution in [2.75, 3.05) is 12.4 Å². The van der Waals surface area contributed by atoms with Crippen LogP contribution in [0, 0.1) is 13.8 Å². The molecule has 1 amide bonds. The zero-order valence-corrected chi connectivity index (χ0v) is 16.6. The number of rotatable bonds is 5. The quantitative estimate of drug-likeness (QED) is 0.560. The van der Waals surface area contributed by atoms with Crippen LogP contribution in [0.4, 0.5) is 5.69 Å². The van der Waals surface area contributed by atoms with E-state index in [0.717, 1.165) is 21.8 Å². The number of thiophene rings is 1. The molecule has 0 spiro atoms. The number of fused-ring (bicyclic) bond motifs is 1. The summed E-state index contributed by atoms with van der Waals surface area (Å²) in [4.78, 5) is 22.6. The summed E-state index contributed by atoms with van der Waals surface area (Å²) in [7, 11) is 1.59. The van der Waals surface area contributed by atoms with Crippen molar-refractivity contribution in [3.8, 4) is 16.5 Å². The smallest absolute Gasteiger partial charge is 0.253 e. The van der Waals surface area contributed by atoms with Gasteiger partial charge >= 0.3 is 0 Å². The highest BCUT2D eigenvalue weighted by atomic mass is 32.1. The number of benzene rings is 1. The third-order valence-corrected chi connectivity index (χ3v) is 5.35. The number of methoxy groups -OCH3 is 1. The monoisotopic (exact) mass is 393 g/mol. The van der Waals surface area contributed by atoms with Gasteiger partial charge in [0.2, 0.25) is 5.91 Å². The number of anilines is 1. The number of hydrogen-bond donors (Lipinski definition) is 1. The zero-order valence-electron chi connectivity index (χ0n) is 15.8. The molecule has 0 bridgehead atoms. The first-order valence-electron chi connectivity index (χ1n) is 8.76. The Balaban J connectivity index is 1.61. The van der Waals surface area contributed by atoms with Gasteiger partial charge in [-0.25, -0.2) is 9.50 Å². The average molecular weight is 393 g/mol. The zero-order chi connectivity index (χ0) is 19.7. The van der Waals surface area contributed by atoms with Crippen molar-refractivity contribution in [2.24, 2.45) is 0 Å². The van der Waals surface area contributed by atoms with Gasteiger partial charge in [-0.1, -0.05) is 12.1 Å². The van der Waals surface area contributed by atoms with Crippen molar-refractivity contribution >= 4 is 28.7 Å². The number of hydrogen-bond acceptors (Lipinski definition) is 6. The lowest BCUT2D eigenvalue weighted by atomic mass is 10.1. The van der Waals surface area contributed by atoms with E-state index in [4.69, 9.17) is 4.74 Å². The van der Waals surface area contributed by atoms with Crippen LogP contribution in [0.2, 0.25) is 0 Å². The summed E-state index contributed by atoms with van der Waals surface area (Å²) in [6.07, 6.45) is 0.200. The molecule has 3 aromatic heterocycles. The number of carbonyl (C=O) groups is 1. The second-order valence-electron chi connectivity index (χ2n) is 6.34. The standard InChI is InChI=1S/C20H19N5O2S/c1-12-16(11-18(26)22-14-6-4-7-15(10-14)27-3)13(2)25-20(21-12)23-19(24-25)17-8-5-9-28-17/h4-10H,11H2,1-3H3,(H,22,26). The lowest BCUT2D eigenvalue weighted by molar-refractivity contribution is -0.115. The highest BCUT2D eigenvalue weighted by Gasteiger charge is 2.17. The molecule has 0 aliphatic heterocycles. The molecule has 0 aliphatic rings. The second kappa shape index (κ2) is 7.40. The molecular weight excluding hydrogens is 374 g/mol. The van der Waals surface area contributed by atoms with Crippen LogP contribution in [0.15, 0.2) is 41.8 Å². The Morgan fingerprint density at radius 3 is 2.82 bits per heavy atom. The molecule has 0 saturated carbocycles. The maximum atomic E-state index is 12.6. The van der Waals surface area contributed by atoms with Crippen LogP contribution in [-0.4, -0.2) is 32.6 Å². The molecule has 1 aromatic carbocycles. The maximum Gasteiger partial charge on any atom is 0.253 e. The maximum absolute atomic E-state index is 12.6. The fourth-order valence-electron chi connectivity index (χ4n) is 3.04. The van der Waals surface area contributed by atoms with Crippen LogP contribution in [0.3, 0.4) is 0 Å². The van der Waals surface area contributed by atoms with Gasteiger partial charge in [0.05, 0.1) is 18.4 Å². The molecule has 4 rings (SSSR count). The molecule has 0 unspecified atom stereocenters. The van der Waals surface area contributed by atoms with Gasteiger partial charge in [0.25, 0.3) is 5.78 Å². The van der Waals surface area contributed by atoms with E-state index in [0.29, 0.717) is 23.0 Å². The number of aromatic nitrogens is 4. The van der Waals surface area contributed by atoms with Crippen LogP contribution in [0.5, 0.6) is 5.75 Å². The van der Waals surface area contributed by atoms with E-state index in [1.165, 1.54) is 0 Å². The summed E-state index contributed by atoms with van der Waals surface area (Å²) >= 11 is 1.58. The first kappa shape index (κ1) is 18.1. The van der Waals surface area contributed by atoms with Crippen molar-refractivity contribution in [3.05, 3.63) is 58.7 Å². The SMILES string of the molecule is COc1cccc(NC(=O)Cc2c(C)nc3nc(-c4cccs4)nn3c2C)c1. The Bertz CT molecular complexity index is 1150. The second-order valence-corrected chi connectivity index (χ2v) is 7.29. The number of ether oxygens (including phenoxy) is 1. The molecule has 0 fully saturated rings. The molecule has 4 aromatic rings. The van der Waals surface area contributed by atoms with E-state index < -0.39 is 0 Å². The van der Waals surface area contributed by atoms with Gasteiger partial charge in [0.15, 0.2) is 5.82 Å². The van der Waals surface area contributed by atoms with Gasteiger partial charge in [0.1, 0.15) is 5.75 Å². The Morgan fingerprint density at radius 1 is 1.21 bits per heavy atom. The third-order valence-electron chi connectivity index (χ3n) is 4.48. The van der Waals surface area contributed by atoms with E-state index in [1.807, 2.05) is 49.6 Å². The lowest BCUT2D eigenvalue weighted by Gasteiger charge is -2.11. The lowest BCUT2D eigenvalue weighted by Crippen LogP contribution is -2.17. The van der Waals surface area contributed by atoms with Crippen LogP contribution < -0.4 is 10.1 Å². The van der Waals surface area contributed by atoms with Crippen molar-refractivity contribution in [2.45, 2.75) is 20.3 Å². The predicted octanol–water partition coefficient (Wildman–Crippen LogP) is 3.66. The van der Waals surface area contributed by atoms with E-state index in [1.54, 1.807) is 29.0 Å². The minimum absolute atomic E-state index is 0.126. The van der Waals surface area contributed by atoms with Crippen molar-refractivity contribution in [1.29, 1.82) is 0 Å². The van der Waals surface area contributed by atoms with E-state index in [-0.39, 0.29) is 12.3 Å². The summed E-state index contributed by atoms with van der Waals surface area (Å²) in [6.45, 7) is 3.82. The summed E-state index contributed by atoms with van der Waals surface area (Å²) in [5.41, 5.74) is 3.17. The summed E-state index contributed by atoms with van der Waals surface area (Å²) in [5, 5.41) is 9.47. The molecule has 142 valence electrons. The predicted molar refractivity (Wildman–Crippen MR) is 109 cm³/mol. The minimum atomic E-state index is -0.126. The fraction of sp³-hybridized carbons (Fsp3) is 0.200. The van der Waals surface area contributed by atoms with Crippen molar-refractivity contribution in [1.82, 2.24) is 19.6 Å². The summed E-state index contributed by atoms with van der Waals surface area (Å²) in [6, 6.07) is 11.2. The third kappa shape index (κ3) is 3.46. The molecule has 7 nitrogen and oxygen atoms in total. The molecule has 0 aliphatic carbocycles. The first-order valence-corrected chi connectivity index (χ1v) is 9.64. The highest BCUT2D eigenvalue weighted by molar-refractivity contribution is 7.13. The van der Waals surface area contributed by atoms with Gasteiger partial charge in [-0.2, -0.15) is 4.98 Å². The molecule has 3 heterocycles. The molecular formula is C20H19N5O2S. The average Bonchev–Trinajstić information content (AvgIpc) is 3.35. The van der Waals surface area contributed by atoms with Gasteiger partial charge in [-0.15, -0.1) is 16.4 Å². The number of carbonyl (C=O) groups excluding carboxylic acids is 1. The van der Waals surface area contributed by atoms with E-state index >= 15 is 0 Å². The van der Waals surface area contributed by atoms with Gasteiger partial charge < -0.3 is 10.1 Å². The molecule has 8 heteroatoms. The Morgan fingerprint density at radius 2 is 2.07 bits per heavy atom. The first-order chi connectivity index (χ1) is 13.5. The fourth-order valence-corrected chi connectivity index (χ4v) is 3.69. The van der Waals surface area contributed by atoms with Crippen LogP contribution in [0.1, 0.15) is 17.0 Å². The minimum Gasteiger partial charge on any atom is -0.497 e. The molecule has 0 atom stereocenters. The largest absolute Gasteiger partial charge is 0.497 e. The van der Waals surface area contributed by atoms with Crippen LogP contribution in [-0.2, 0) is 11.2 Å². The topological polar surface area (TPSA) is 81.4 Å². The van der Waals surface area contributed by atoms with Gasteiger partial charge in [0, 0.05) is 28.7 Å². The van der Waals surface area contributed by atoms with E-state index in [9.17, 15) is 4.79 Å². The molecule has 1 N–H and O–H groups in total. The summed E-state index contributed by atoms with van der Waals surface area (Å²) < 4.78 is 6.90. The summed E-state index contributed by atoms with van der Waals surface area (Å²) in [5.74, 6) is 1.74. The number of nitrogens with one attached hydrogen (secondary N) is 1. The molecule has 28 heavy (non-hydrogen) atoms. The Hall–Kier alpha value is -3.26. The Labute approximate surface area is 166 Å². The number of nitrogens with zero attached hydrogens (tertiary/aromatic N) is 4. The van der Waals surface area contributed by atoms with Crippen LogP contribution >= 0.6 is 11.3 Å². The molecule has 0 saturated heterocycles. The number of amides is 1. The highest BCUT2D eigenvalue weighted by Crippen LogP contribution is 2.23. The van der Waals surface area contributed by atoms with Crippen molar-refractivity contribution in [3.63, 3.8) is 0 Å². The van der Waals surface area contributed by atoms with Gasteiger partial charge in [-0.3, -0.25) is 4.79 Å².